The van der Waals surface area contributed by atoms with Gasteiger partial charge in [0.25, 0.3) is 10.0 Å². The Morgan fingerprint density at radius 1 is 1.19 bits per heavy atom. The highest BCUT2D eigenvalue weighted by atomic mass is 35.5. The summed E-state index contributed by atoms with van der Waals surface area (Å²) in [5.74, 6) is 0. The number of primary sulfonamides is 1. The lowest BCUT2D eigenvalue weighted by atomic mass is 10.3. The van der Waals surface area contributed by atoms with Crippen LogP contribution in [-0.4, -0.2) is 21.8 Å². The van der Waals surface area contributed by atoms with E-state index in [1.165, 1.54) is 31.2 Å². The Balaban J connectivity index is 2.31. The van der Waals surface area contributed by atoms with E-state index in [1.807, 2.05) is 0 Å². The van der Waals surface area contributed by atoms with Crippen LogP contribution in [0.15, 0.2) is 33.4 Å². The molecular formula is C10H10ClN3O4S3. The Morgan fingerprint density at radius 3 is 2.19 bits per heavy atom. The number of aromatic nitrogens is 1. The van der Waals surface area contributed by atoms with Crippen molar-refractivity contribution in [2.24, 2.45) is 5.14 Å². The van der Waals surface area contributed by atoms with E-state index in [4.69, 9.17) is 16.7 Å². The van der Waals surface area contributed by atoms with Gasteiger partial charge in [-0.1, -0.05) is 22.9 Å². The predicted octanol–water partition coefficient (Wildman–Crippen LogP) is 1.55. The molecule has 1 aromatic carbocycles. The lowest BCUT2D eigenvalue weighted by molar-refractivity contribution is 0.597. The minimum Gasteiger partial charge on any atom is -0.279 e. The lowest BCUT2D eigenvalue weighted by Crippen LogP contribution is -2.14. The average molecular weight is 368 g/mol. The van der Waals surface area contributed by atoms with E-state index in [-0.39, 0.29) is 19.3 Å². The van der Waals surface area contributed by atoms with Gasteiger partial charge in [-0.25, -0.2) is 27.0 Å². The average Bonchev–Trinajstić information content (AvgIpc) is 2.68. The minimum absolute atomic E-state index is 0.00280. The third kappa shape index (κ3) is 3.71. The number of anilines is 1. The first kappa shape index (κ1) is 16.2. The van der Waals surface area contributed by atoms with Crippen LogP contribution in [0.1, 0.15) is 5.69 Å². The van der Waals surface area contributed by atoms with Gasteiger partial charge in [-0.15, -0.1) is 0 Å². The number of benzene rings is 1. The number of rotatable bonds is 4. The highest BCUT2D eigenvalue weighted by Crippen LogP contribution is 2.28. The summed E-state index contributed by atoms with van der Waals surface area (Å²) in [6.45, 7) is 1.53. The van der Waals surface area contributed by atoms with Crippen molar-refractivity contribution >= 4 is 48.7 Å². The molecule has 0 amide bonds. The molecule has 0 unspecified atom stereocenters. The monoisotopic (exact) mass is 367 g/mol. The summed E-state index contributed by atoms with van der Waals surface area (Å²) in [6, 6.07) is 5.02. The molecule has 0 saturated carbocycles. The quantitative estimate of drug-likeness (QED) is 0.849. The molecule has 11 heteroatoms. The van der Waals surface area contributed by atoms with Gasteiger partial charge < -0.3 is 0 Å². The maximum absolute atomic E-state index is 12.2. The summed E-state index contributed by atoms with van der Waals surface area (Å²) in [5.41, 5.74) is 0.491. The zero-order chi connectivity index (χ0) is 15.8. The number of thiazole rings is 1. The first-order valence-electron chi connectivity index (χ1n) is 5.38. The van der Waals surface area contributed by atoms with Crippen LogP contribution in [0.5, 0.6) is 0 Å². The first-order chi connectivity index (χ1) is 9.59. The fraction of sp³-hybridized carbons (Fsp3) is 0.100. The zero-order valence-electron chi connectivity index (χ0n) is 10.6. The molecule has 114 valence electrons. The number of nitrogens with one attached hydrogen (secondary N) is 1. The van der Waals surface area contributed by atoms with E-state index in [9.17, 15) is 16.8 Å². The molecule has 0 saturated heterocycles. The van der Waals surface area contributed by atoms with Crippen molar-refractivity contribution in [2.75, 3.05) is 4.72 Å². The molecule has 0 aliphatic carbocycles. The highest BCUT2D eigenvalue weighted by molar-refractivity contribution is 7.94. The molecule has 0 atom stereocenters. The second-order valence-electron chi connectivity index (χ2n) is 4.01. The first-order valence-corrected chi connectivity index (χ1v) is 9.60. The molecule has 0 aliphatic rings. The number of halogens is 1. The van der Waals surface area contributed by atoms with Crippen LogP contribution in [0.4, 0.5) is 5.69 Å². The largest absolute Gasteiger partial charge is 0.279 e. The third-order valence-corrected chi connectivity index (χ3v) is 6.59. The molecule has 1 aromatic heterocycles. The number of aryl methyl sites for hydroxylation is 1. The molecule has 2 aromatic rings. The summed E-state index contributed by atoms with van der Waals surface area (Å²) >= 11 is 6.52. The fourth-order valence-corrected chi connectivity index (χ4v) is 4.83. The van der Waals surface area contributed by atoms with Crippen molar-refractivity contribution in [1.29, 1.82) is 0 Å². The SMILES string of the molecule is Cc1nc(Cl)sc1S(=O)(=O)Nc1ccc(S(N)(=O)=O)cc1. The van der Waals surface area contributed by atoms with Crippen LogP contribution in [0.2, 0.25) is 4.47 Å². The van der Waals surface area contributed by atoms with Gasteiger partial charge in [-0.3, -0.25) is 4.72 Å². The predicted molar refractivity (Wildman–Crippen MR) is 80.5 cm³/mol. The molecule has 0 radical (unpaired) electrons. The number of nitrogens with zero attached hydrogens (tertiary/aromatic N) is 1. The molecule has 1 heterocycles. The Bertz CT molecular complexity index is 873. The third-order valence-electron chi connectivity index (χ3n) is 2.41. The van der Waals surface area contributed by atoms with E-state index in [1.54, 1.807) is 0 Å². The fourth-order valence-electron chi connectivity index (χ4n) is 1.51. The molecule has 0 fully saturated rings. The topological polar surface area (TPSA) is 119 Å². The molecule has 21 heavy (non-hydrogen) atoms. The van der Waals surface area contributed by atoms with Crippen molar-refractivity contribution in [2.45, 2.75) is 16.0 Å². The standard InChI is InChI=1S/C10H10ClN3O4S3/c1-6-9(19-10(11)13-6)21(17,18)14-7-2-4-8(5-3-7)20(12,15)16/h2-5,14H,1H3,(H2,12,15,16). The summed E-state index contributed by atoms with van der Waals surface area (Å²) in [6.07, 6.45) is 0. The number of nitrogens with two attached hydrogens (primary N) is 1. The number of hydrogen-bond donors (Lipinski definition) is 2. The molecule has 0 spiro atoms. The molecule has 3 N–H and O–H groups in total. The highest BCUT2D eigenvalue weighted by Gasteiger charge is 2.21. The van der Waals surface area contributed by atoms with Crippen molar-refractivity contribution in [3.8, 4) is 0 Å². The van der Waals surface area contributed by atoms with Gasteiger partial charge in [0.15, 0.2) is 8.68 Å². The molecule has 0 aliphatic heterocycles. The van der Waals surface area contributed by atoms with Gasteiger partial charge >= 0.3 is 0 Å². The van der Waals surface area contributed by atoms with Gasteiger partial charge in [-0.05, 0) is 31.2 Å². The van der Waals surface area contributed by atoms with E-state index in [2.05, 4.69) is 9.71 Å². The van der Waals surface area contributed by atoms with Crippen LogP contribution in [0.3, 0.4) is 0 Å². The summed E-state index contributed by atoms with van der Waals surface area (Å²) < 4.78 is 49.0. The van der Waals surface area contributed by atoms with Crippen molar-refractivity contribution in [1.82, 2.24) is 4.98 Å². The Kier molecular flexibility index (Phi) is 4.26. The van der Waals surface area contributed by atoms with Crippen LogP contribution in [0.25, 0.3) is 0 Å². The van der Waals surface area contributed by atoms with Gasteiger partial charge in [0.2, 0.25) is 10.0 Å². The lowest BCUT2D eigenvalue weighted by Gasteiger charge is -2.07. The zero-order valence-corrected chi connectivity index (χ0v) is 13.8. The van der Waals surface area contributed by atoms with E-state index in [0.717, 1.165) is 11.3 Å². The Labute approximate surface area is 130 Å². The number of sulfonamides is 2. The second-order valence-corrected chi connectivity index (χ2v) is 9.03. The van der Waals surface area contributed by atoms with Crippen molar-refractivity contribution in [3.63, 3.8) is 0 Å². The van der Waals surface area contributed by atoms with Crippen molar-refractivity contribution < 1.29 is 16.8 Å². The summed E-state index contributed by atoms with van der Waals surface area (Å²) in [5, 5.41) is 4.96. The Morgan fingerprint density at radius 2 is 1.76 bits per heavy atom. The van der Waals surface area contributed by atoms with Gasteiger partial charge in [0.05, 0.1) is 10.6 Å². The molecule has 7 nitrogen and oxygen atoms in total. The Hall–Kier alpha value is -1.20. The summed E-state index contributed by atoms with van der Waals surface area (Å²) in [4.78, 5) is 3.73. The van der Waals surface area contributed by atoms with E-state index in [0.29, 0.717) is 5.69 Å². The maximum Gasteiger partial charge on any atom is 0.273 e. The second kappa shape index (κ2) is 5.54. The molecule has 0 bridgehead atoms. The van der Waals surface area contributed by atoms with Gasteiger partial charge in [-0.2, -0.15) is 0 Å². The molecule has 2 rings (SSSR count). The van der Waals surface area contributed by atoms with Crippen LogP contribution in [-0.2, 0) is 20.0 Å². The minimum atomic E-state index is -3.83. The van der Waals surface area contributed by atoms with Crippen LogP contribution < -0.4 is 9.86 Å². The van der Waals surface area contributed by atoms with Crippen LogP contribution >= 0.6 is 22.9 Å². The number of hydrogen-bond acceptors (Lipinski definition) is 6. The van der Waals surface area contributed by atoms with Gasteiger partial charge in [0.1, 0.15) is 0 Å². The van der Waals surface area contributed by atoms with Crippen LogP contribution in [0, 0.1) is 6.92 Å². The normalized spacial score (nSPS) is 12.3. The molecular weight excluding hydrogens is 358 g/mol. The maximum atomic E-state index is 12.2. The smallest absolute Gasteiger partial charge is 0.273 e. The summed E-state index contributed by atoms with van der Waals surface area (Å²) in [7, 11) is -7.65. The van der Waals surface area contributed by atoms with Gasteiger partial charge in [0, 0.05) is 5.69 Å². The van der Waals surface area contributed by atoms with E-state index >= 15 is 0 Å². The van der Waals surface area contributed by atoms with E-state index < -0.39 is 20.0 Å². The van der Waals surface area contributed by atoms with Crippen molar-refractivity contribution in [3.05, 3.63) is 34.4 Å².